The number of likely N-dealkylation sites (tertiary alicyclic amines) is 1. The molecule has 0 atom stereocenters. The molecule has 29 heavy (non-hydrogen) atoms. The molecule has 1 saturated heterocycles. The first-order valence-electron chi connectivity index (χ1n) is 9.59. The standard InChI is InChI=1S/C19H27N7O3/c1-19(2,3)29-18(28)26-10-8-14(9-11-26)20-17(27)21-15-7-5-6-13(12-15)16-22-23-24-25(16)4/h5-7,12,14H,8-11H2,1-4H3,(H2,20,21,27). The predicted molar refractivity (Wildman–Crippen MR) is 107 cm³/mol. The molecule has 156 valence electrons. The van der Waals surface area contributed by atoms with E-state index >= 15 is 0 Å². The number of aromatic nitrogens is 4. The van der Waals surface area contributed by atoms with Crippen LogP contribution in [-0.4, -0.2) is 62.0 Å². The predicted octanol–water partition coefficient (Wildman–Crippen LogP) is 2.40. The van der Waals surface area contributed by atoms with Crippen molar-refractivity contribution in [3.8, 4) is 11.4 Å². The fourth-order valence-electron chi connectivity index (χ4n) is 3.10. The van der Waals surface area contributed by atoms with Crippen LogP contribution in [-0.2, 0) is 11.8 Å². The van der Waals surface area contributed by atoms with E-state index in [1.807, 2.05) is 39.0 Å². The molecule has 1 aromatic carbocycles. The molecule has 0 aliphatic carbocycles. The van der Waals surface area contributed by atoms with Gasteiger partial charge in [0.25, 0.3) is 0 Å². The van der Waals surface area contributed by atoms with Crippen molar-refractivity contribution in [1.82, 2.24) is 30.4 Å². The van der Waals surface area contributed by atoms with Crippen LogP contribution in [0.2, 0.25) is 0 Å². The van der Waals surface area contributed by atoms with Gasteiger partial charge in [0.2, 0.25) is 0 Å². The third-order valence-corrected chi connectivity index (χ3v) is 4.48. The van der Waals surface area contributed by atoms with Gasteiger partial charge in [-0.3, -0.25) is 0 Å². The Labute approximate surface area is 169 Å². The number of hydrogen-bond acceptors (Lipinski definition) is 6. The molecular weight excluding hydrogens is 374 g/mol. The molecule has 1 aromatic heterocycles. The number of hydrogen-bond donors (Lipinski definition) is 2. The van der Waals surface area contributed by atoms with Crippen LogP contribution in [0.4, 0.5) is 15.3 Å². The smallest absolute Gasteiger partial charge is 0.410 e. The minimum atomic E-state index is -0.512. The molecule has 1 aliphatic rings. The summed E-state index contributed by atoms with van der Waals surface area (Å²) in [6, 6.07) is 7.04. The summed E-state index contributed by atoms with van der Waals surface area (Å²) in [4.78, 5) is 26.2. The van der Waals surface area contributed by atoms with E-state index < -0.39 is 5.60 Å². The van der Waals surface area contributed by atoms with E-state index in [9.17, 15) is 9.59 Å². The van der Waals surface area contributed by atoms with Gasteiger partial charge >= 0.3 is 12.1 Å². The molecule has 2 heterocycles. The number of rotatable bonds is 3. The van der Waals surface area contributed by atoms with Gasteiger partial charge in [-0.15, -0.1) is 5.10 Å². The van der Waals surface area contributed by atoms with Crippen LogP contribution in [0.3, 0.4) is 0 Å². The lowest BCUT2D eigenvalue weighted by molar-refractivity contribution is 0.0202. The molecule has 0 spiro atoms. The average molecular weight is 401 g/mol. The fourth-order valence-corrected chi connectivity index (χ4v) is 3.10. The van der Waals surface area contributed by atoms with Crippen molar-refractivity contribution in [2.75, 3.05) is 18.4 Å². The van der Waals surface area contributed by atoms with Crippen molar-refractivity contribution < 1.29 is 14.3 Å². The van der Waals surface area contributed by atoms with Gasteiger partial charge < -0.3 is 20.3 Å². The second-order valence-electron chi connectivity index (χ2n) is 8.05. The molecule has 3 amide bonds. The summed E-state index contributed by atoms with van der Waals surface area (Å²) in [6.07, 6.45) is 1.05. The summed E-state index contributed by atoms with van der Waals surface area (Å²) in [6.45, 7) is 6.64. The number of amides is 3. The number of benzene rings is 1. The normalized spacial score (nSPS) is 15.1. The number of aryl methyl sites for hydroxylation is 1. The second-order valence-corrected chi connectivity index (χ2v) is 8.05. The maximum absolute atomic E-state index is 12.4. The lowest BCUT2D eigenvalue weighted by Crippen LogP contribution is -2.48. The number of carbonyl (C=O) groups excluding carboxylic acids is 2. The number of tetrazole rings is 1. The second kappa shape index (κ2) is 8.46. The molecule has 0 bridgehead atoms. The average Bonchev–Trinajstić information content (AvgIpc) is 3.07. The van der Waals surface area contributed by atoms with Crippen molar-refractivity contribution in [3.63, 3.8) is 0 Å². The number of urea groups is 1. The number of nitrogens with zero attached hydrogens (tertiary/aromatic N) is 5. The Morgan fingerprint density at radius 2 is 1.93 bits per heavy atom. The SMILES string of the molecule is Cn1nnnc1-c1cccc(NC(=O)NC2CCN(C(=O)OC(C)(C)C)CC2)c1. The van der Waals surface area contributed by atoms with E-state index in [-0.39, 0.29) is 18.2 Å². The molecular formula is C19H27N7O3. The van der Waals surface area contributed by atoms with Gasteiger partial charge in [-0.25, -0.2) is 14.3 Å². The Kier molecular flexibility index (Phi) is 6.00. The Morgan fingerprint density at radius 3 is 2.55 bits per heavy atom. The van der Waals surface area contributed by atoms with E-state index in [1.54, 1.807) is 22.7 Å². The van der Waals surface area contributed by atoms with Crippen LogP contribution in [0, 0.1) is 0 Å². The van der Waals surface area contributed by atoms with Gasteiger partial charge in [0, 0.05) is 37.4 Å². The first kappa shape index (κ1) is 20.6. The molecule has 0 radical (unpaired) electrons. The Balaban J connectivity index is 1.50. The molecule has 10 heteroatoms. The van der Waals surface area contributed by atoms with Crippen molar-refractivity contribution >= 4 is 17.8 Å². The third kappa shape index (κ3) is 5.66. The number of ether oxygens (including phenoxy) is 1. The first-order chi connectivity index (χ1) is 13.7. The lowest BCUT2D eigenvalue weighted by Gasteiger charge is -2.33. The monoisotopic (exact) mass is 401 g/mol. The molecule has 2 aromatic rings. The molecule has 0 saturated carbocycles. The summed E-state index contributed by atoms with van der Waals surface area (Å²) < 4.78 is 6.96. The maximum atomic E-state index is 12.4. The summed E-state index contributed by atoms with van der Waals surface area (Å²) in [5, 5.41) is 17.2. The zero-order valence-corrected chi connectivity index (χ0v) is 17.2. The highest BCUT2D eigenvalue weighted by atomic mass is 16.6. The zero-order valence-electron chi connectivity index (χ0n) is 17.2. The summed E-state index contributed by atoms with van der Waals surface area (Å²) >= 11 is 0. The summed E-state index contributed by atoms with van der Waals surface area (Å²) in [5.41, 5.74) is 0.942. The summed E-state index contributed by atoms with van der Waals surface area (Å²) in [5.74, 6) is 0.614. The molecule has 2 N–H and O–H groups in total. The largest absolute Gasteiger partial charge is 0.444 e. The molecule has 1 aliphatic heterocycles. The van der Waals surface area contributed by atoms with Crippen molar-refractivity contribution in [3.05, 3.63) is 24.3 Å². The Hall–Kier alpha value is -3.17. The van der Waals surface area contributed by atoms with E-state index in [0.717, 1.165) is 5.56 Å². The topological polar surface area (TPSA) is 114 Å². The molecule has 0 unspecified atom stereocenters. The molecule has 10 nitrogen and oxygen atoms in total. The van der Waals surface area contributed by atoms with Gasteiger partial charge in [-0.2, -0.15) is 0 Å². The van der Waals surface area contributed by atoms with Crippen LogP contribution in [0.5, 0.6) is 0 Å². The Bertz CT molecular complexity index is 867. The van der Waals surface area contributed by atoms with Crippen LogP contribution in [0.25, 0.3) is 11.4 Å². The van der Waals surface area contributed by atoms with Crippen LogP contribution in [0.1, 0.15) is 33.6 Å². The minimum Gasteiger partial charge on any atom is -0.444 e. The number of anilines is 1. The van der Waals surface area contributed by atoms with E-state index in [0.29, 0.717) is 37.4 Å². The number of nitrogens with one attached hydrogen (secondary N) is 2. The summed E-state index contributed by atoms with van der Waals surface area (Å²) in [7, 11) is 1.76. The van der Waals surface area contributed by atoms with Crippen LogP contribution < -0.4 is 10.6 Å². The zero-order chi connectivity index (χ0) is 21.0. The lowest BCUT2D eigenvalue weighted by atomic mass is 10.1. The molecule has 3 rings (SSSR count). The minimum absolute atomic E-state index is 0.000176. The Morgan fingerprint density at radius 1 is 1.21 bits per heavy atom. The van der Waals surface area contributed by atoms with E-state index in [4.69, 9.17) is 4.74 Å². The highest BCUT2D eigenvalue weighted by Gasteiger charge is 2.27. The highest BCUT2D eigenvalue weighted by Crippen LogP contribution is 2.20. The van der Waals surface area contributed by atoms with Crippen molar-refractivity contribution in [2.45, 2.75) is 45.3 Å². The fraction of sp³-hybridized carbons (Fsp3) is 0.526. The first-order valence-corrected chi connectivity index (χ1v) is 9.59. The van der Waals surface area contributed by atoms with Gasteiger partial charge in [-0.1, -0.05) is 12.1 Å². The van der Waals surface area contributed by atoms with Crippen LogP contribution >= 0.6 is 0 Å². The quantitative estimate of drug-likeness (QED) is 0.816. The number of carbonyl (C=O) groups is 2. The third-order valence-electron chi connectivity index (χ3n) is 4.48. The van der Waals surface area contributed by atoms with Crippen LogP contribution in [0.15, 0.2) is 24.3 Å². The molecule has 1 fully saturated rings. The van der Waals surface area contributed by atoms with Gasteiger partial charge in [0.1, 0.15) is 5.60 Å². The van der Waals surface area contributed by atoms with Gasteiger partial charge in [0.05, 0.1) is 0 Å². The van der Waals surface area contributed by atoms with Gasteiger partial charge in [0.15, 0.2) is 5.82 Å². The number of piperidine rings is 1. The van der Waals surface area contributed by atoms with Crippen molar-refractivity contribution in [2.24, 2.45) is 7.05 Å². The maximum Gasteiger partial charge on any atom is 0.410 e. The highest BCUT2D eigenvalue weighted by molar-refractivity contribution is 5.90. The van der Waals surface area contributed by atoms with Crippen molar-refractivity contribution in [1.29, 1.82) is 0 Å². The van der Waals surface area contributed by atoms with E-state index in [1.165, 1.54) is 0 Å². The van der Waals surface area contributed by atoms with E-state index in [2.05, 4.69) is 26.2 Å². The van der Waals surface area contributed by atoms with Gasteiger partial charge in [-0.05, 0) is 56.2 Å².